The zero-order valence-corrected chi connectivity index (χ0v) is 9.61. The van der Waals surface area contributed by atoms with E-state index in [1.54, 1.807) is 11.3 Å². The molecule has 0 radical (unpaired) electrons. The van der Waals surface area contributed by atoms with Gasteiger partial charge in [0.2, 0.25) is 0 Å². The van der Waals surface area contributed by atoms with Crippen molar-refractivity contribution in [2.75, 3.05) is 0 Å². The lowest BCUT2D eigenvalue weighted by Crippen LogP contribution is -1.79. The van der Waals surface area contributed by atoms with Crippen molar-refractivity contribution in [3.63, 3.8) is 0 Å². The minimum atomic E-state index is 0.719. The first-order chi connectivity index (χ1) is 6.79. The first-order valence-corrected chi connectivity index (χ1v) is 5.93. The van der Waals surface area contributed by atoms with Crippen LogP contribution in [0.4, 0.5) is 0 Å². The van der Waals surface area contributed by atoms with E-state index in [-0.39, 0.29) is 0 Å². The maximum atomic E-state index is 4.47. The molecular weight excluding hydrogens is 210 g/mol. The number of hydrogen-bond acceptors (Lipinski definition) is 3. The van der Waals surface area contributed by atoms with E-state index in [1.165, 1.54) is 11.1 Å². The molecule has 0 bridgehead atoms. The second kappa shape index (κ2) is 4.15. The molecule has 0 unspecified atom stereocenters. The highest BCUT2D eigenvalue weighted by Crippen LogP contribution is 2.22. The van der Waals surface area contributed by atoms with E-state index in [0.717, 1.165) is 16.5 Å². The molecule has 0 amide bonds. The third-order valence-electron chi connectivity index (χ3n) is 2.03. The molecule has 72 valence electrons. The highest BCUT2D eigenvalue weighted by molar-refractivity contribution is 7.79. The lowest BCUT2D eigenvalue weighted by atomic mass is 10.1. The Labute approximate surface area is 93.2 Å². The van der Waals surface area contributed by atoms with Crippen molar-refractivity contribution in [1.82, 2.24) is 4.98 Å². The Balaban J connectivity index is 2.34. The van der Waals surface area contributed by atoms with Gasteiger partial charge in [0.25, 0.3) is 0 Å². The number of aromatic nitrogens is 1. The Kier molecular flexibility index (Phi) is 2.89. The van der Waals surface area contributed by atoms with Gasteiger partial charge in [0.1, 0.15) is 5.01 Å². The van der Waals surface area contributed by atoms with E-state index in [0.29, 0.717) is 0 Å². The van der Waals surface area contributed by atoms with Crippen molar-refractivity contribution >= 4 is 24.0 Å². The Morgan fingerprint density at radius 2 is 2.00 bits per heavy atom. The molecule has 0 saturated heterocycles. The summed E-state index contributed by atoms with van der Waals surface area (Å²) >= 11 is 5.86. The minimum Gasteiger partial charge on any atom is -0.240 e. The molecule has 2 aromatic rings. The summed E-state index contributed by atoms with van der Waals surface area (Å²) in [7, 11) is 0. The summed E-state index contributed by atoms with van der Waals surface area (Å²) in [4.78, 5) is 4.47. The van der Waals surface area contributed by atoms with Crippen LogP contribution in [0.3, 0.4) is 0 Å². The molecule has 1 aromatic heterocycles. The summed E-state index contributed by atoms with van der Waals surface area (Å²) < 4.78 is 0. The molecule has 0 aliphatic heterocycles. The smallest absolute Gasteiger partial charge is 0.103 e. The van der Waals surface area contributed by atoms with Gasteiger partial charge >= 0.3 is 0 Å². The molecule has 0 aliphatic carbocycles. The molecule has 0 N–H and O–H groups in total. The maximum Gasteiger partial charge on any atom is 0.103 e. The van der Waals surface area contributed by atoms with Crippen molar-refractivity contribution in [2.45, 2.75) is 12.7 Å². The average molecular weight is 221 g/mol. The predicted octanol–water partition coefficient (Wildman–Crippen LogP) is 3.55. The van der Waals surface area contributed by atoms with E-state index in [4.69, 9.17) is 0 Å². The van der Waals surface area contributed by atoms with Crippen molar-refractivity contribution in [3.8, 4) is 11.3 Å². The van der Waals surface area contributed by atoms with Gasteiger partial charge in [-0.15, -0.1) is 11.3 Å². The van der Waals surface area contributed by atoms with Crippen LogP contribution in [0.5, 0.6) is 0 Å². The summed E-state index contributed by atoms with van der Waals surface area (Å²) in [5.41, 5.74) is 3.51. The molecule has 1 heterocycles. The fourth-order valence-corrected chi connectivity index (χ4v) is 2.20. The van der Waals surface area contributed by atoms with Crippen LogP contribution in [-0.2, 0) is 5.75 Å². The summed E-state index contributed by atoms with van der Waals surface area (Å²) in [6, 6.07) is 8.42. The second-order valence-electron chi connectivity index (χ2n) is 3.15. The lowest BCUT2D eigenvalue weighted by molar-refractivity contribution is 1.27. The van der Waals surface area contributed by atoms with Crippen LogP contribution in [0.15, 0.2) is 29.6 Å². The largest absolute Gasteiger partial charge is 0.240 e. The topological polar surface area (TPSA) is 12.9 Å². The average Bonchev–Trinajstić information content (AvgIpc) is 2.67. The Bertz CT molecular complexity index is 417. The summed E-state index contributed by atoms with van der Waals surface area (Å²) in [5, 5.41) is 3.15. The van der Waals surface area contributed by atoms with Crippen LogP contribution in [0.2, 0.25) is 0 Å². The quantitative estimate of drug-likeness (QED) is 0.765. The molecule has 2 rings (SSSR count). The van der Waals surface area contributed by atoms with Crippen molar-refractivity contribution < 1.29 is 0 Å². The third kappa shape index (κ3) is 1.99. The Morgan fingerprint density at radius 1 is 1.29 bits per heavy atom. The monoisotopic (exact) mass is 221 g/mol. The van der Waals surface area contributed by atoms with Crippen molar-refractivity contribution in [1.29, 1.82) is 0 Å². The molecule has 0 spiro atoms. The van der Waals surface area contributed by atoms with Gasteiger partial charge in [0.05, 0.1) is 5.69 Å². The van der Waals surface area contributed by atoms with Gasteiger partial charge < -0.3 is 0 Å². The lowest BCUT2D eigenvalue weighted by Gasteiger charge is -1.96. The summed E-state index contributed by atoms with van der Waals surface area (Å²) in [6.07, 6.45) is 0. The summed E-state index contributed by atoms with van der Waals surface area (Å²) in [6.45, 7) is 2.09. The number of benzene rings is 1. The van der Waals surface area contributed by atoms with E-state index in [9.17, 15) is 0 Å². The van der Waals surface area contributed by atoms with Crippen LogP contribution in [0.25, 0.3) is 11.3 Å². The maximum absolute atomic E-state index is 4.47. The molecular formula is C11H11NS2. The molecule has 0 fully saturated rings. The first kappa shape index (κ1) is 9.74. The van der Waals surface area contributed by atoms with E-state index >= 15 is 0 Å². The number of rotatable bonds is 2. The van der Waals surface area contributed by atoms with Crippen LogP contribution < -0.4 is 0 Å². The van der Waals surface area contributed by atoms with Gasteiger partial charge in [-0.1, -0.05) is 29.8 Å². The number of nitrogens with zero attached hydrogens (tertiary/aromatic N) is 1. The van der Waals surface area contributed by atoms with E-state index < -0.39 is 0 Å². The molecule has 1 aromatic carbocycles. The number of hydrogen-bond donors (Lipinski definition) is 1. The normalized spacial score (nSPS) is 10.4. The van der Waals surface area contributed by atoms with Crippen LogP contribution in [-0.4, -0.2) is 4.98 Å². The fraction of sp³-hybridized carbons (Fsp3) is 0.182. The van der Waals surface area contributed by atoms with Crippen LogP contribution in [0, 0.1) is 6.92 Å². The van der Waals surface area contributed by atoms with Gasteiger partial charge in [-0.2, -0.15) is 12.6 Å². The highest BCUT2D eigenvalue weighted by atomic mass is 32.1. The molecule has 3 heteroatoms. The Morgan fingerprint density at radius 3 is 2.57 bits per heavy atom. The van der Waals surface area contributed by atoms with Gasteiger partial charge in [-0.05, 0) is 6.92 Å². The molecule has 0 saturated carbocycles. The van der Waals surface area contributed by atoms with E-state index in [1.807, 2.05) is 0 Å². The minimum absolute atomic E-state index is 0.719. The summed E-state index contributed by atoms with van der Waals surface area (Å²) in [5.74, 6) is 0.719. The van der Waals surface area contributed by atoms with Crippen LogP contribution in [0.1, 0.15) is 10.6 Å². The zero-order chi connectivity index (χ0) is 9.97. The SMILES string of the molecule is Cc1ccc(-c2csc(CS)n2)cc1. The third-order valence-corrected chi connectivity index (χ3v) is 3.40. The van der Waals surface area contributed by atoms with Gasteiger partial charge in [0, 0.05) is 16.7 Å². The predicted molar refractivity (Wildman–Crippen MR) is 65.0 cm³/mol. The molecule has 0 aliphatic rings. The highest BCUT2D eigenvalue weighted by Gasteiger charge is 2.02. The standard InChI is InChI=1S/C11H11NS2/c1-8-2-4-9(5-3-8)10-7-14-11(6-13)12-10/h2-5,7,13H,6H2,1H3. The van der Waals surface area contributed by atoms with Gasteiger partial charge in [-0.3, -0.25) is 0 Å². The zero-order valence-electron chi connectivity index (χ0n) is 7.90. The molecule has 0 atom stereocenters. The molecule has 14 heavy (non-hydrogen) atoms. The number of aryl methyl sites for hydroxylation is 1. The number of thiazole rings is 1. The fourth-order valence-electron chi connectivity index (χ4n) is 1.24. The van der Waals surface area contributed by atoms with Crippen molar-refractivity contribution in [3.05, 3.63) is 40.2 Å². The molecule has 1 nitrogen and oxygen atoms in total. The number of thiol groups is 1. The van der Waals surface area contributed by atoms with Crippen LogP contribution >= 0.6 is 24.0 Å². The Hall–Kier alpha value is -0.800. The van der Waals surface area contributed by atoms with E-state index in [2.05, 4.69) is 54.2 Å². The van der Waals surface area contributed by atoms with Gasteiger partial charge in [-0.25, -0.2) is 4.98 Å². The second-order valence-corrected chi connectivity index (χ2v) is 4.41. The van der Waals surface area contributed by atoms with Gasteiger partial charge in [0.15, 0.2) is 0 Å². The first-order valence-electron chi connectivity index (χ1n) is 4.42. The van der Waals surface area contributed by atoms with Crippen molar-refractivity contribution in [2.24, 2.45) is 0 Å².